The Morgan fingerprint density at radius 3 is 2.25 bits per heavy atom. The van der Waals surface area contributed by atoms with E-state index in [-0.39, 0.29) is 6.04 Å². The molecule has 1 N–H and O–H groups in total. The summed E-state index contributed by atoms with van der Waals surface area (Å²) in [5.74, 6) is 0.797. The summed E-state index contributed by atoms with van der Waals surface area (Å²) in [5.41, 5.74) is 5.63. The Morgan fingerprint density at radius 1 is 0.719 bits per heavy atom. The summed E-state index contributed by atoms with van der Waals surface area (Å²) in [5, 5.41) is 4.74. The third-order valence-corrected chi connectivity index (χ3v) is 5.60. The molecule has 0 radical (unpaired) electrons. The van der Waals surface area contributed by atoms with Gasteiger partial charge in [-0.3, -0.25) is 4.57 Å². The second-order valence-corrected chi connectivity index (χ2v) is 7.89. The lowest BCUT2D eigenvalue weighted by Gasteiger charge is -2.24. The average molecular weight is 416 g/mol. The van der Waals surface area contributed by atoms with Crippen molar-refractivity contribution in [2.75, 3.05) is 0 Å². The van der Waals surface area contributed by atoms with E-state index in [0.29, 0.717) is 0 Å². The molecular weight excluding hydrogens is 390 g/mol. The summed E-state index contributed by atoms with van der Waals surface area (Å²) in [7, 11) is 0. The smallest absolute Gasteiger partial charge is 0.208 e. The van der Waals surface area contributed by atoms with Crippen LogP contribution < -0.4 is 5.32 Å². The van der Waals surface area contributed by atoms with E-state index in [1.807, 2.05) is 12.1 Å². The van der Waals surface area contributed by atoms with Crippen LogP contribution in [0.2, 0.25) is 0 Å². The third kappa shape index (κ3) is 4.19. The molecule has 5 rings (SSSR count). The maximum Gasteiger partial charge on any atom is 0.208 e. The van der Waals surface area contributed by atoms with Crippen LogP contribution in [0, 0.1) is 6.92 Å². The van der Waals surface area contributed by atoms with Crippen LogP contribution in [0.5, 0.6) is 0 Å². The molecule has 1 aromatic heterocycles. The second-order valence-electron chi connectivity index (χ2n) is 7.89. The quantitative estimate of drug-likeness (QED) is 0.389. The molecule has 1 atom stereocenters. The number of aromatic nitrogens is 1. The van der Waals surface area contributed by atoms with Gasteiger partial charge in [0.05, 0.1) is 11.6 Å². The number of hydrogen-bond donors (Lipinski definition) is 1. The van der Waals surface area contributed by atoms with Crippen molar-refractivity contribution in [3.8, 4) is 0 Å². The van der Waals surface area contributed by atoms with Gasteiger partial charge < -0.3 is 5.32 Å². The molecule has 1 unspecified atom stereocenters. The van der Waals surface area contributed by atoms with Crippen molar-refractivity contribution >= 4 is 22.6 Å². The van der Waals surface area contributed by atoms with Crippen molar-refractivity contribution < 1.29 is 0 Å². The summed E-state index contributed by atoms with van der Waals surface area (Å²) in [6.07, 6.45) is 4.28. The molecule has 4 aromatic rings. The van der Waals surface area contributed by atoms with E-state index in [0.717, 1.165) is 33.7 Å². The number of fused-ring (bicyclic) bond motifs is 1. The molecule has 0 saturated heterocycles. The van der Waals surface area contributed by atoms with Crippen LogP contribution in [0.15, 0.2) is 126 Å². The summed E-state index contributed by atoms with van der Waals surface area (Å²) in [6, 6.07) is 37.7. The predicted octanol–water partition coefficient (Wildman–Crippen LogP) is 6.66. The summed E-state index contributed by atoms with van der Waals surface area (Å²) < 4.78 is 2.14. The van der Waals surface area contributed by atoms with E-state index in [1.165, 1.54) is 5.56 Å². The lowest BCUT2D eigenvalue weighted by atomic mass is 10.0. The number of nitrogens with one attached hydrogen (secondary N) is 1. The fourth-order valence-electron chi connectivity index (χ4n) is 3.92. The van der Waals surface area contributed by atoms with E-state index >= 15 is 0 Å². The van der Waals surface area contributed by atoms with E-state index in [4.69, 9.17) is 4.99 Å². The molecule has 3 heteroatoms. The molecule has 0 aliphatic carbocycles. The standard InChI is InChI=1S/C29H25N3/c1-22-11-10-20-32(28-17-9-8-16-25(28)19-18-22)29-30-26(23-12-4-2-5-13-23)21-27(31-29)24-14-6-3-7-15-24/h2-21,26H,1H3,(H,30,31). The van der Waals surface area contributed by atoms with Crippen LogP contribution in [-0.4, -0.2) is 10.5 Å². The van der Waals surface area contributed by atoms with Crippen molar-refractivity contribution in [1.82, 2.24) is 9.88 Å². The van der Waals surface area contributed by atoms with Crippen LogP contribution in [0.4, 0.5) is 0 Å². The van der Waals surface area contributed by atoms with E-state index in [1.54, 1.807) is 0 Å². The van der Waals surface area contributed by atoms with Crippen molar-refractivity contribution in [3.63, 3.8) is 0 Å². The minimum atomic E-state index is -0.0799. The lowest BCUT2D eigenvalue weighted by Crippen LogP contribution is -2.32. The van der Waals surface area contributed by atoms with E-state index in [2.05, 4.69) is 126 Å². The Labute approximate surface area is 188 Å². The minimum absolute atomic E-state index is 0.0799. The summed E-state index contributed by atoms with van der Waals surface area (Å²) in [4.78, 5) is 5.13. The maximum absolute atomic E-state index is 5.13. The fraction of sp³-hybridized carbons (Fsp3) is 0.0690. The molecule has 1 aliphatic rings. The first-order chi connectivity index (χ1) is 15.8. The first-order valence-corrected chi connectivity index (χ1v) is 10.9. The van der Waals surface area contributed by atoms with Crippen LogP contribution >= 0.6 is 0 Å². The number of aliphatic imine (C=N–C) groups is 1. The van der Waals surface area contributed by atoms with Gasteiger partial charge in [0.1, 0.15) is 0 Å². The number of benzene rings is 3. The highest BCUT2D eigenvalue weighted by atomic mass is 15.2. The fourth-order valence-corrected chi connectivity index (χ4v) is 3.92. The first-order valence-electron chi connectivity index (χ1n) is 10.9. The Balaban J connectivity index is 1.72. The summed E-state index contributed by atoms with van der Waals surface area (Å²) in [6.45, 7) is 2.11. The largest absolute Gasteiger partial charge is 0.325 e. The first kappa shape index (κ1) is 19.8. The van der Waals surface area contributed by atoms with Gasteiger partial charge in [-0.2, -0.15) is 0 Å². The molecule has 0 spiro atoms. The molecule has 0 amide bonds. The Kier molecular flexibility index (Phi) is 5.54. The zero-order valence-corrected chi connectivity index (χ0v) is 18.0. The Hall–Kier alpha value is -4.11. The van der Waals surface area contributed by atoms with Gasteiger partial charge in [-0.25, -0.2) is 4.99 Å². The zero-order valence-electron chi connectivity index (χ0n) is 18.0. The van der Waals surface area contributed by atoms with Crippen molar-refractivity contribution in [3.05, 3.63) is 138 Å². The highest BCUT2D eigenvalue weighted by Gasteiger charge is 2.19. The number of nitrogens with zero attached hydrogens (tertiary/aromatic N) is 2. The molecule has 0 saturated carbocycles. The maximum atomic E-state index is 5.13. The topological polar surface area (TPSA) is 29.3 Å². The molecule has 1 aliphatic heterocycles. The minimum Gasteiger partial charge on any atom is -0.325 e. The van der Waals surface area contributed by atoms with Gasteiger partial charge in [-0.15, -0.1) is 0 Å². The molecule has 3 nitrogen and oxygen atoms in total. The van der Waals surface area contributed by atoms with Crippen LogP contribution in [0.25, 0.3) is 16.6 Å². The number of rotatable bonds is 2. The number of aryl methyl sites for hydroxylation is 1. The van der Waals surface area contributed by atoms with Gasteiger partial charge in [0.25, 0.3) is 0 Å². The molecule has 2 heterocycles. The summed E-state index contributed by atoms with van der Waals surface area (Å²) >= 11 is 0. The van der Waals surface area contributed by atoms with Gasteiger partial charge in [-0.1, -0.05) is 103 Å². The second kappa shape index (κ2) is 8.94. The molecular formula is C29H25N3. The van der Waals surface area contributed by atoms with Crippen molar-refractivity contribution in [1.29, 1.82) is 0 Å². The van der Waals surface area contributed by atoms with E-state index < -0.39 is 0 Å². The molecule has 3 aromatic carbocycles. The van der Waals surface area contributed by atoms with Gasteiger partial charge >= 0.3 is 0 Å². The van der Waals surface area contributed by atoms with Crippen molar-refractivity contribution in [2.24, 2.45) is 4.99 Å². The normalized spacial score (nSPS) is 15.3. The van der Waals surface area contributed by atoms with Crippen LogP contribution in [0.3, 0.4) is 0 Å². The lowest BCUT2D eigenvalue weighted by molar-refractivity contribution is 0.855. The monoisotopic (exact) mass is 415 g/mol. The Morgan fingerprint density at radius 2 is 1.44 bits per heavy atom. The third-order valence-electron chi connectivity index (χ3n) is 5.60. The van der Waals surface area contributed by atoms with Crippen LogP contribution in [-0.2, 0) is 0 Å². The van der Waals surface area contributed by atoms with Crippen molar-refractivity contribution in [2.45, 2.75) is 13.0 Å². The number of para-hydroxylation sites is 1. The molecule has 0 bridgehead atoms. The van der Waals surface area contributed by atoms with E-state index in [9.17, 15) is 0 Å². The highest BCUT2D eigenvalue weighted by Crippen LogP contribution is 2.27. The Bertz CT molecular complexity index is 1350. The van der Waals surface area contributed by atoms with Gasteiger partial charge in [0.15, 0.2) is 0 Å². The average Bonchev–Trinajstić information content (AvgIpc) is 2.94. The van der Waals surface area contributed by atoms with Gasteiger partial charge in [0.2, 0.25) is 5.96 Å². The number of hydrogen-bond acceptors (Lipinski definition) is 2. The zero-order chi connectivity index (χ0) is 21.8. The highest BCUT2D eigenvalue weighted by molar-refractivity contribution is 5.98. The van der Waals surface area contributed by atoms with Gasteiger partial charge in [0, 0.05) is 11.9 Å². The SMILES string of the molecule is Cc1cccn(C2=NC(c3ccccc3)C=C(c3ccccc3)N2)c2ccccc2cc1. The molecule has 156 valence electrons. The van der Waals surface area contributed by atoms with Gasteiger partial charge in [-0.05, 0) is 41.6 Å². The predicted molar refractivity (Wildman–Crippen MR) is 134 cm³/mol. The molecule has 32 heavy (non-hydrogen) atoms. The molecule has 0 fully saturated rings. The van der Waals surface area contributed by atoms with Crippen LogP contribution in [0.1, 0.15) is 22.7 Å².